The molecule has 0 spiro atoms. The van der Waals surface area contributed by atoms with Crippen LogP contribution in [-0.2, 0) is 4.79 Å². The number of allylic oxidation sites excluding steroid dienone is 2. The van der Waals surface area contributed by atoms with Gasteiger partial charge >= 0.3 is 0 Å². The number of anilines is 1. The summed E-state index contributed by atoms with van der Waals surface area (Å²) in [4.78, 5) is 16.0. The molecule has 0 bridgehead atoms. The van der Waals surface area contributed by atoms with Gasteiger partial charge < -0.3 is 5.32 Å². The van der Waals surface area contributed by atoms with Crippen molar-refractivity contribution in [2.75, 3.05) is 5.32 Å². The van der Waals surface area contributed by atoms with Gasteiger partial charge in [0.05, 0.1) is 0 Å². The average molecular weight is 281 g/mol. The number of hydrogen-bond donors (Lipinski definition) is 1. The lowest BCUT2D eigenvalue weighted by Gasteiger charge is -2.16. The maximum Gasteiger partial charge on any atom is 0.228 e. The first-order chi connectivity index (χ1) is 7.75. The second-order valence-corrected chi connectivity index (χ2v) is 4.75. The molecule has 0 aliphatic heterocycles. The Morgan fingerprint density at radius 3 is 2.94 bits per heavy atom. The Balaban J connectivity index is 1.96. The normalized spacial score (nSPS) is 19.4. The number of halogens is 1. The summed E-state index contributed by atoms with van der Waals surface area (Å²) >= 11 is 3.30. The number of nitrogens with zero attached hydrogens (tertiary/aromatic N) is 1. The topological polar surface area (TPSA) is 42.0 Å². The van der Waals surface area contributed by atoms with Gasteiger partial charge in [-0.3, -0.25) is 4.79 Å². The number of aromatic nitrogens is 1. The van der Waals surface area contributed by atoms with E-state index in [1.54, 1.807) is 12.3 Å². The Morgan fingerprint density at radius 1 is 1.44 bits per heavy atom. The van der Waals surface area contributed by atoms with Gasteiger partial charge in [-0.05, 0) is 47.3 Å². The van der Waals surface area contributed by atoms with Crippen LogP contribution in [0.5, 0.6) is 0 Å². The summed E-state index contributed by atoms with van der Waals surface area (Å²) < 4.78 is 0.908. The van der Waals surface area contributed by atoms with E-state index < -0.39 is 0 Å². The first-order valence-electron chi connectivity index (χ1n) is 5.33. The van der Waals surface area contributed by atoms with E-state index in [-0.39, 0.29) is 11.8 Å². The molecule has 0 saturated carbocycles. The predicted molar refractivity (Wildman–Crippen MR) is 67.0 cm³/mol. The number of hydrogen-bond acceptors (Lipinski definition) is 2. The Labute approximate surface area is 103 Å². The molecule has 0 aromatic carbocycles. The van der Waals surface area contributed by atoms with Crippen LogP contribution in [0.3, 0.4) is 0 Å². The third kappa shape index (κ3) is 2.92. The molecule has 0 unspecified atom stereocenters. The van der Waals surface area contributed by atoms with Crippen LogP contribution in [-0.4, -0.2) is 10.9 Å². The summed E-state index contributed by atoms with van der Waals surface area (Å²) in [5.74, 6) is 0.775. The summed E-state index contributed by atoms with van der Waals surface area (Å²) in [6.45, 7) is 0. The van der Waals surface area contributed by atoms with Crippen molar-refractivity contribution in [2.45, 2.75) is 19.3 Å². The molecule has 0 saturated heterocycles. The molecule has 1 N–H and O–H groups in total. The smallest absolute Gasteiger partial charge is 0.228 e. The molecule has 1 aromatic rings. The minimum absolute atomic E-state index is 0.0687. The van der Waals surface area contributed by atoms with Crippen molar-refractivity contribution in [3.05, 3.63) is 35.0 Å². The first-order valence-corrected chi connectivity index (χ1v) is 6.12. The molecule has 0 fully saturated rings. The van der Waals surface area contributed by atoms with Crippen LogP contribution < -0.4 is 5.32 Å². The molecule has 1 aliphatic carbocycles. The van der Waals surface area contributed by atoms with Gasteiger partial charge in [0.25, 0.3) is 0 Å². The van der Waals surface area contributed by atoms with E-state index in [1.165, 1.54) is 0 Å². The average Bonchev–Trinajstić information content (AvgIpc) is 2.33. The fraction of sp³-hybridized carbons (Fsp3) is 0.333. The van der Waals surface area contributed by atoms with E-state index in [4.69, 9.17) is 0 Å². The van der Waals surface area contributed by atoms with E-state index in [9.17, 15) is 4.79 Å². The molecule has 3 nitrogen and oxygen atoms in total. The molecule has 2 rings (SSSR count). The highest BCUT2D eigenvalue weighted by molar-refractivity contribution is 9.10. The zero-order chi connectivity index (χ0) is 11.4. The summed E-state index contributed by atoms with van der Waals surface area (Å²) in [6.07, 6.45) is 8.63. The molecule has 0 radical (unpaired) electrons. The summed E-state index contributed by atoms with van der Waals surface area (Å²) in [5.41, 5.74) is 0. The molecule has 1 atom stereocenters. The van der Waals surface area contributed by atoms with E-state index in [2.05, 4.69) is 38.4 Å². The first kappa shape index (κ1) is 11.3. The highest BCUT2D eigenvalue weighted by Crippen LogP contribution is 2.20. The molecule has 84 valence electrons. The minimum atomic E-state index is 0.0687. The van der Waals surface area contributed by atoms with E-state index >= 15 is 0 Å². The molecule has 4 heteroatoms. The van der Waals surface area contributed by atoms with Crippen LogP contribution in [0.25, 0.3) is 0 Å². The van der Waals surface area contributed by atoms with E-state index in [0.29, 0.717) is 5.82 Å². The van der Waals surface area contributed by atoms with Crippen LogP contribution in [0.4, 0.5) is 5.82 Å². The fourth-order valence-electron chi connectivity index (χ4n) is 1.71. The van der Waals surface area contributed by atoms with Gasteiger partial charge in [-0.2, -0.15) is 0 Å². The largest absolute Gasteiger partial charge is 0.310 e. The van der Waals surface area contributed by atoms with Crippen molar-refractivity contribution in [2.24, 2.45) is 5.92 Å². The lowest BCUT2D eigenvalue weighted by molar-refractivity contribution is -0.120. The Morgan fingerprint density at radius 2 is 2.31 bits per heavy atom. The van der Waals surface area contributed by atoms with Crippen molar-refractivity contribution in [1.82, 2.24) is 4.98 Å². The second-order valence-electron chi connectivity index (χ2n) is 3.83. The molecular weight excluding hydrogens is 268 g/mol. The molecule has 16 heavy (non-hydrogen) atoms. The van der Waals surface area contributed by atoms with E-state index in [0.717, 1.165) is 23.7 Å². The van der Waals surface area contributed by atoms with Crippen molar-refractivity contribution < 1.29 is 4.79 Å². The van der Waals surface area contributed by atoms with Crippen LogP contribution >= 0.6 is 15.9 Å². The number of carbonyl (C=O) groups excluding carboxylic acids is 1. The predicted octanol–water partition coefficient (Wildman–Crippen LogP) is 3.14. The van der Waals surface area contributed by atoms with Gasteiger partial charge in [0, 0.05) is 16.6 Å². The molecule has 1 amide bonds. The van der Waals surface area contributed by atoms with Crippen LogP contribution in [0.2, 0.25) is 0 Å². The maximum atomic E-state index is 11.9. The van der Waals surface area contributed by atoms with Gasteiger partial charge in [-0.15, -0.1) is 0 Å². The summed E-state index contributed by atoms with van der Waals surface area (Å²) in [6, 6.07) is 3.66. The summed E-state index contributed by atoms with van der Waals surface area (Å²) in [5, 5.41) is 2.83. The zero-order valence-corrected chi connectivity index (χ0v) is 10.4. The molecule has 1 heterocycles. The van der Waals surface area contributed by atoms with E-state index in [1.807, 2.05) is 6.07 Å². The number of amides is 1. The number of carbonyl (C=O) groups is 1. The van der Waals surface area contributed by atoms with Crippen LogP contribution in [0.15, 0.2) is 35.0 Å². The van der Waals surface area contributed by atoms with Gasteiger partial charge in [0.2, 0.25) is 5.91 Å². The highest BCUT2D eigenvalue weighted by Gasteiger charge is 2.18. The Hall–Kier alpha value is -1.16. The quantitative estimate of drug-likeness (QED) is 0.846. The number of pyridine rings is 1. The number of rotatable bonds is 2. The van der Waals surface area contributed by atoms with Crippen LogP contribution in [0.1, 0.15) is 19.3 Å². The van der Waals surface area contributed by atoms with Gasteiger partial charge in [0.15, 0.2) is 0 Å². The standard InChI is InChI=1S/C12H13BrN2O/c13-10-6-7-11(14-8-10)15-12(16)9-4-2-1-3-5-9/h1-2,6-9H,3-5H2,(H,14,15,16)/t9-/m0/s1. The molecule has 1 aliphatic rings. The Kier molecular flexibility index (Phi) is 3.72. The summed E-state index contributed by atoms with van der Waals surface area (Å²) in [7, 11) is 0. The Bertz CT molecular complexity index is 400. The molecular formula is C12H13BrN2O. The highest BCUT2D eigenvalue weighted by atomic mass is 79.9. The van der Waals surface area contributed by atoms with Crippen molar-refractivity contribution in [1.29, 1.82) is 0 Å². The lowest BCUT2D eigenvalue weighted by Crippen LogP contribution is -2.23. The minimum Gasteiger partial charge on any atom is -0.310 e. The monoisotopic (exact) mass is 280 g/mol. The van der Waals surface area contributed by atoms with Crippen LogP contribution in [0, 0.1) is 5.92 Å². The lowest BCUT2D eigenvalue weighted by atomic mass is 9.94. The number of nitrogens with one attached hydrogen (secondary N) is 1. The van der Waals surface area contributed by atoms with Gasteiger partial charge in [-0.25, -0.2) is 4.98 Å². The van der Waals surface area contributed by atoms with Crippen molar-refractivity contribution in [3.63, 3.8) is 0 Å². The fourth-order valence-corrected chi connectivity index (χ4v) is 1.94. The second kappa shape index (κ2) is 5.25. The van der Waals surface area contributed by atoms with Gasteiger partial charge in [0.1, 0.15) is 5.82 Å². The third-order valence-corrected chi connectivity index (χ3v) is 3.09. The third-order valence-electron chi connectivity index (χ3n) is 2.62. The maximum absolute atomic E-state index is 11.9. The van der Waals surface area contributed by atoms with Crippen molar-refractivity contribution >= 4 is 27.7 Å². The van der Waals surface area contributed by atoms with Gasteiger partial charge in [-0.1, -0.05) is 12.2 Å². The SMILES string of the molecule is O=C(Nc1ccc(Br)cn1)[C@H]1CC=CCC1. The zero-order valence-electron chi connectivity index (χ0n) is 8.82. The van der Waals surface area contributed by atoms with Crippen molar-refractivity contribution in [3.8, 4) is 0 Å². The molecule has 1 aromatic heterocycles.